The molecule has 0 spiro atoms. The van der Waals surface area contributed by atoms with Crippen LogP contribution in [0, 0.1) is 0 Å². The SMILES string of the molecule is CCCCCCC/C=C/CC/C=C/CC/C=C/C(O)C(COC1OC(CO)C(OC2OC(CO)C(O)C(O)C2O)C(O)C1O)NC(=O)CCCCCCCCCCCCCCCCCCCCCCCCCCCCCCCCC. The molecule has 2 saturated heterocycles. The van der Waals surface area contributed by atoms with Gasteiger partial charge in [-0.05, 0) is 44.9 Å². The maximum atomic E-state index is 13.3. The van der Waals surface area contributed by atoms with Gasteiger partial charge in [0.1, 0.15) is 48.8 Å². The number of carbonyl (C=O) groups excluding carboxylic acids is 1. The minimum absolute atomic E-state index is 0.249. The Morgan fingerprint density at radius 2 is 0.800 bits per heavy atom. The molecule has 2 heterocycles. The molecule has 2 fully saturated rings. The molecule has 80 heavy (non-hydrogen) atoms. The second kappa shape index (κ2) is 51.6. The zero-order valence-corrected chi connectivity index (χ0v) is 50.8. The molecule has 9 N–H and O–H groups in total. The van der Waals surface area contributed by atoms with Gasteiger partial charge in [0.25, 0.3) is 0 Å². The van der Waals surface area contributed by atoms with Gasteiger partial charge in [0.05, 0.1) is 32.0 Å². The molecule has 2 aliphatic rings. The zero-order valence-electron chi connectivity index (χ0n) is 50.8. The number of hydrogen-bond donors (Lipinski definition) is 9. The predicted molar refractivity (Wildman–Crippen MR) is 323 cm³/mol. The summed E-state index contributed by atoms with van der Waals surface area (Å²) < 4.78 is 22.8. The fourth-order valence-corrected chi connectivity index (χ4v) is 11.0. The van der Waals surface area contributed by atoms with Crippen molar-refractivity contribution in [2.45, 2.75) is 357 Å². The van der Waals surface area contributed by atoms with Crippen LogP contribution in [-0.4, -0.2) is 140 Å². The molecule has 0 bridgehead atoms. The third kappa shape index (κ3) is 36.1. The van der Waals surface area contributed by atoms with Gasteiger partial charge < -0.3 is 65.1 Å². The van der Waals surface area contributed by atoms with Crippen molar-refractivity contribution in [3.8, 4) is 0 Å². The Balaban J connectivity index is 1.65. The summed E-state index contributed by atoms with van der Waals surface area (Å²) in [6.07, 6.45) is 47.9. The van der Waals surface area contributed by atoms with Gasteiger partial charge in [-0.3, -0.25) is 4.79 Å². The summed E-state index contributed by atoms with van der Waals surface area (Å²) in [4.78, 5) is 13.3. The van der Waals surface area contributed by atoms with Gasteiger partial charge in [0.15, 0.2) is 12.6 Å². The average molecular weight is 1140 g/mol. The van der Waals surface area contributed by atoms with Crippen LogP contribution in [0.4, 0.5) is 0 Å². The van der Waals surface area contributed by atoms with Crippen molar-refractivity contribution < 1.29 is 64.6 Å². The number of allylic oxidation sites excluding steroid dienone is 5. The third-order valence-electron chi connectivity index (χ3n) is 16.3. The largest absolute Gasteiger partial charge is 0.394 e. The lowest BCUT2D eigenvalue weighted by atomic mass is 9.97. The first kappa shape index (κ1) is 74.3. The van der Waals surface area contributed by atoms with E-state index in [2.05, 4.69) is 43.5 Å². The summed E-state index contributed by atoms with van der Waals surface area (Å²) in [7, 11) is 0. The van der Waals surface area contributed by atoms with Gasteiger partial charge in [-0.1, -0.05) is 269 Å². The van der Waals surface area contributed by atoms with Crippen LogP contribution < -0.4 is 5.32 Å². The highest BCUT2D eigenvalue weighted by molar-refractivity contribution is 5.76. The molecule has 0 aromatic carbocycles. The highest BCUT2D eigenvalue weighted by atomic mass is 16.7. The molecule has 14 nitrogen and oxygen atoms in total. The smallest absolute Gasteiger partial charge is 0.220 e. The molecule has 2 aliphatic heterocycles. The normalized spacial score (nSPS) is 24.4. The minimum Gasteiger partial charge on any atom is -0.394 e. The number of ether oxygens (including phenoxy) is 4. The summed E-state index contributed by atoms with van der Waals surface area (Å²) in [6.45, 7) is 2.78. The lowest BCUT2D eigenvalue weighted by Gasteiger charge is -2.46. The molecule has 0 aromatic rings. The van der Waals surface area contributed by atoms with Crippen molar-refractivity contribution in [2.75, 3.05) is 19.8 Å². The van der Waals surface area contributed by atoms with Crippen molar-refractivity contribution in [2.24, 2.45) is 0 Å². The van der Waals surface area contributed by atoms with Crippen LogP contribution in [-0.2, 0) is 23.7 Å². The number of hydrogen-bond acceptors (Lipinski definition) is 13. The van der Waals surface area contributed by atoms with E-state index in [1.807, 2.05) is 6.08 Å². The molecular formula is C66H123NO13. The van der Waals surface area contributed by atoms with Crippen molar-refractivity contribution in [3.05, 3.63) is 36.5 Å². The first-order chi connectivity index (χ1) is 39.1. The Bertz CT molecular complexity index is 1480. The second-order valence-electron chi connectivity index (χ2n) is 23.6. The number of aliphatic hydroxyl groups is 8. The van der Waals surface area contributed by atoms with E-state index >= 15 is 0 Å². The maximum absolute atomic E-state index is 13.3. The lowest BCUT2D eigenvalue weighted by molar-refractivity contribution is -0.359. The van der Waals surface area contributed by atoms with Crippen LogP contribution in [0.3, 0.4) is 0 Å². The molecule has 470 valence electrons. The van der Waals surface area contributed by atoms with E-state index in [0.717, 1.165) is 44.9 Å². The Morgan fingerprint density at radius 3 is 1.23 bits per heavy atom. The van der Waals surface area contributed by atoms with Crippen LogP contribution in [0.25, 0.3) is 0 Å². The number of nitrogens with one attached hydrogen (secondary N) is 1. The summed E-state index contributed by atoms with van der Waals surface area (Å²) in [5.74, 6) is -0.249. The van der Waals surface area contributed by atoms with E-state index < -0.39 is 86.8 Å². The monoisotopic (exact) mass is 1140 g/mol. The van der Waals surface area contributed by atoms with E-state index in [4.69, 9.17) is 18.9 Å². The Labute approximate surface area is 487 Å². The molecule has 0 saturated carbocycles. The van der Waals surface area contributed by atoms with E-state index in [-0.39, 0.29) is 18.9 Å². The number of rotatable bonds is 54. The van der Waals surface area contributed by atoms with Gasteiger partial charge in [-0.15, -0.1) is 0 Å². The first-order valence-corrected chi connectivity index (χ1v) is 33.2. The number of unbranched alkanes of at least 4 members (excludes halogenated alkanes) is 37. The van der Waals surface area contributed by atoms with Crippen molar-refractivity contribution in [1.82, 2.24) is 5.32 Å². The standard InChI is InChI=1S/C66H123NO13/c1-3-5-7-9-11-13-15-17-19-20-21-22-23-24-25-26-27-28-29-30-31-32-33-34-36-38-40-42-44-46-48-50-58(71)67-54(55(70)49-47-45-43-41-39-37-35-18-16-14-12-10-8-6-4-2)53-77-65-63(76)61(74)64(57(52-69)79-65)80-66-62(75)60(73)59(72)56(51-68)78-66/h16,18,39,41,47,49,54-57,59-66,68-70,72-76H,3-15,17,19-38,40,42-46,48,50-53H2,1-2H3,(H,67,71)/b18-16+,41-39+,49-47+. The molecule has 14 heteroatoms. The van der Waals surface area contributed by atoms with Crippen molar-refractivity contribution >= 4 is 5.91 Å². The van der Waals surface area contributed by atoms with E-state index in [1.54, 1.807) is 6.08 Å². The molecular weight excluding hydrogens is 1010 g/mol. The number of carbonyl (C=O) groups is 1. The Kier molecular flexibility index (Phi) is 47.9. The fourth-order valence-electron chi connectivity index (χ4n) is 11.0. The number of aliphatic hydroxyl groups excluding tert-OH is 8. The van der Waals surface area contributed by atoms with E-state index in [1.165, 1.54) is 205 Å². The quantitative estimate of drug-likeness (QED) is 0.0204. The molecule has 2 rings (SSSR count). The topological polar surface area (TPSA) is 228 Å². The molecule has 1 amide bonds. The summed E-state index contributed by atoms with van der Waals surface area (Å²) in [6, 6.07) is -0.935. The Morgan fingerprint density at radius 1 is 0.438 bits per heavy atom. The van der Waals surface area contributed by atoms with Crippen LogP contribution >= 0.6 is 0 Å². The van der Waals surface area contributed by atoms with Crippen molar-refractivity contribution in [1.29, 1.82) is 0 Å². The van der Waals surface area contributed by atoms with Crippen LogP contribution in [0.5, 0.6) is 0 Å². The van der Waals surface area contributed by atoms with Crippen LogP contribution in [0.2, 0.25) is 0 Å². The maximum Gasteiger partial charge on any atom is 0.220 e. The molecule has 0 aliphatic carbocycles. The number of amides is 1. The van der Waals surface area contributed by atoms with Crippen molar-refractivity contribution in [3.63, 3.8) is 0 Å². The molecule has 12 atom stereocenters. The first-order valence-electron chi connectivity index (χ1n) is 33.2. The molecule has 0 radical (unpaired) electrons. The Hall–Kier alpha value is -1.79. The second-order valence-corrected chi connectivity index (χ2v) is 23.6. The third-order valence-corrected chi connectivity index (χ3v) is 16.3. The highest BCUT2D eigenvalue weighted by Crippen LogP contribution is 2.30. The van der Waals surface area contributed by atoms with E-state index in [9.17, 15) is 45.6 Å². The zero-order chi connectivity index (χ0) is 58.1. The van der Waals surface area contributed by atoms with Crippen LogP contribution in [0.15, 0.2) is 36.5 Å². The van der Waals surface area contributed by atoms with Gasteiger partial charge in [0.2, 0.25) is 5.91 Å². The average Bonchev–Trinajstić information content (AvgIpc) is 3.46. The summed E-state index contributed by atoms with van der Waals surface area (Å²) in [5, 5.41) is 87.1. The summed E-state index contributed by atoms with van der Waals surface area (Å²) >= 11 is 0. The fraction of sp³-hybridized carbons (Fsp3) is 0.894. The lowest BCUT2D eigenvalue weighted by Crippen LogP contribution is -2.65. The highest BCUT2D eigenvalue weighted by Gasteiger charge is 2.51. The van der Waals surface area contributed by atoms with E-state index in [0.29, 0.717) is 12.8 Å². The van der Waals surface area contributed by atoms with Gasteiger partial charge >= 0.3 is 0 Å². The van der Waals surface area contributed by atoms with Crippen LogP contribution in [0.1, 0.15) is 284 Å². The predicted octanol–water partition coefficient (Wildman–Crippen LogP) is 12.6. The van der Waals surface area contributed by atoms with Gasteiger partial charge in [-0.25, -0.2) is 0 Å². The molecule has 0 aromatic heterocycles. The molecule has 12 unspecified atom stereocenters. The van der Waals surface area contributed by atoms with Gasteiger partial charge in [0, 0.05) is 6.42 Å². The minimum atomic E-state index is -1.79. The summed E-state index contributed by atoms with van der Waals surface area (Å²) in [5.41, 5.74) is 0. The van der Waals surface area contributed by atoms with Gasteiger partial charge in [-0.2, -0.15) is 0 Å².